The highest BCUT2D eigenvalue weighted by molar-refractivity contribution is 9.10. The first-order valence-electron chi connectivity index (χ1n) is 7.24. The Morgan fingerprint density at radius 2 is 2.25 bits per heavy atom. The van der Waals surface area contributed by atoms with Gasteiger partial charge in [-0.1, -0.05) is 20.3 Å². The highest BCUT2D eigenvalue weighted by Gasteiger charge is 2.20. The number of hydrogen-bond donors (Lipinski definition) is 2. The zero-order chi connectivity index (χ0) is 14.7. The first kappa shape index (κ1) is 15.5. The second-order valence-corrected chi connectivity index (χ2v) is 6.79. The molecular weight excluding hydrogens is 320 g/mol. The van der Waals surface area contributed by atoms with E-state index in [4.69, 9.17) is 5.73 Å². The quantitative estimate of drug-likeness (QED) is 0.831. The smallest absolute Gasteiger partial charge is 0.291 e. The molecule has 0 aliphatic heterocycles. The van der Waals surface area contributed by atoms with Gasteiger partial charge in [0.2, 0.25) is 0 Å². The van der Waals surface area contributed by atoms with Gasteiger partial charge in [-0.3, -0.25) is 4.79 Å². The van der Waals surface area contributed by atoms with Crippen LogP contribution in [-0.2, 0) is 6.54 Å². The minimum atomic E-state index is -0.0674. The maximum absolute atomic E-state index is 12.4. The second kappa shape index (κ2) is 6.72. The molecule has 1 unspecified atom stereocenters. The molecule has 1 aromatic rings. The van der Waals surface area contributed by atoms with Crippen molar-refractivity contribution in [1.29, 1.82) is 0 Å². The molecule has 1 saturated carbocycles. The van der Waals surface area contributed by atoms with E-state index in [9.17, 15) is 4.79 Å². The maximum Gasteiger partial charge on any atom is 0.291 e. The molecule has 1 heterocycles. The van der Waals surface area contributed by atoms with Gasteiger partial charge in [-0.15, -0.1) is 0 Å². The Kier molecular flexibility index (Phi) is 5.21. The Bertz CT molecular complexity index is 510. The third-order valence-corrected chi connectivity index (χ3v) is 4.63. The van der Waals surface area contributed by atoms with Crippen molar-refractivity contribution in [3.8, 4) is 0 Å². The molecule has 2 rings (SSSR count). The van der Waals surface area contributed by atoms with Crippen LogP contribution in [0, 0.1) is 11.8 Å². The Labute approximate surface area is 128 Å². The minimum absolute atomic E-state index is 0.0227. The van der Waals surface area contributed by atoms with Gasteiger partial charge >= 0.3 is 0 Å². The van der Waals surface area contributed by atoms with Crippen molar-refractivity contribution < 1.29 is 0 Å². The van der Waals surface area contributed by atoms with Gasteiger partial charge in [-0.25, -0.2) is 4.68 Å². The van der Waals surface area contributed by atoms with Gasteiger partial charge in [-0.2, -0.15) is 5.10 Å². The van der Waals surface area contributed by atoms with Crippen LogP contribution in [0.15, 0.2) is 15.5 Å². The molecule has 0 radical (unpaired) electrons. The zero-order valence-electron chi connectivity index (χ0n) is 12.1. The lowest BCUT2D eigenvalue weighted by atomic mass is 9.85. The van der Waals surface area contributed by atoms with Gasteiger partial charge in [0.25, 0.3) is 5.56 Å². The van der Waals surface area contributed by atoms with Crippen molar-refractivity contribution in [3.05, 3.63) is 21.0 Å². The molecule has 0 spiro atoms. The van der Waals surface area contributed by atoms with E-state index >= 15 is 0 Å². The molecule has 1 aliphatic carbocycles. The van der Waals surface area contributed by atoms with E-state index in [0.29, 0.717) is 28.5 Å². The summed E-state index contributed by atoms with van der Waals surface area (Å²) in [5, 5.41) is 7.38. The van der Waals surface area contributed by atoms with Crippen LogP contribution in [-0.4, -0.2) is 22.4 Å². The van der Waals surface area contributed by atoms with E-state index in [2.05, 4.69) is 40.2 Å². The van der Waals surface area contributed by atoms with Gasteiger partial charge in [-0.05, 0) is 40.6 Å². The second-order valence-electron chi connectivity index (χ2n) is 5.94. The summed E-state index contributed by atoms with van der Waals surface area (Å²) in [5.74, 6) is 0.979. The fraction of sp³-hybridized carbons (Fsp3) is 0.714. The molecule has 1 aliphatic rings. The average molecular weight is 343 g/mol. The molecule has 0 aromatic carbocycles. The maximum atomic E-state index is 12.4. The molecular formula is C14H23BrN4O. The number of halogens is 1. The Morgan fingerprint density at radius 1 is 1.55 bits per heavy atom. The normalized spacial score (nSPS) is 17.1. The van der Waals surface area contributed by atoms with Crippen LogP contribution in [0.5, 0.6) is 0 Å². The van der Waals surface area contributed by atoms with E-state index in [-0.39, 0.29) is 11.6 Å². The highest BCUT2D eigenvalue weighted by Crippen LogP contribution is 2.27. The Hall–Kier alpha value is -0.880. The lowest BCUT2D eigenvalue weighted by Crippen LogP contribution is -2.37. The van der Waals surface area contributed by atoms with Crippen molar-refractivity contribution >= 4 is 21.6 Å². The fourth-order valence-electron chi connectivity index (χ4n) is 2.13. The number of rotatable bonds is 6. The summed E-state index contributed by atoms with van der Waals surface area (Å²) >= 11 is 3.39. The number of anilines is 1. The average Bonchev–Trinajstić information content (AvgIpc) is 2.35. The van der Waals surface area contributed by atoms with Gasteiger partial charge in [0.15, 0.2) is 0 Å². The van der Waals surface area contributed by atoms with Crippen LogP contribution in [0.1, 0.15) is 33.1 Å². The molecule has 1 fully saturated rings. The summed E-state index contributed by atoms with van der Waals surface area (Å²) in [4.78, 5) is 12.4. The molecule has 0 saturated heterocycles. The Balaban J connectivity index is 2.10. The first-order chi connectivity index (χ1) is 9.49. The van der Waals surface area contributed by atoms with Gasteiger partial charge in [0.05, 0.1) is 10.7 Å². The van der Waals surface area contributed by atoms with Crippen LogP contribution in [0.25, 0.3) is 0 Å². The van der Waals surface area contributed by atoms with E-state index < -0.39 is 0 Å². The van der Waals surface area contributed by atoms with E-state index in [0.717, 1.165) is 6.54 Å². The predicted octanol–water partition coefficient (Wildman–Crippen LogP) is 2.20. The van der Waals surface area contributed by atoms with Crippen LogP contribution >= 0.6 is 15.9 Å². The summed E-state index contributed by atoms with van der Waals surface area (Å²) in [5.41, 5.74) is 6.51. The molecule has 1 atom stereocenters. The van der Waals surface area contributed by atoms with Crippen LogP contribution in [0.3, 0.4) is 0 Å². The highest BCUT2D eigenvalue weighted by atomic mass is 79.9. The van der Waals surface area contributed by atoms with Crippen LogP contribution in [0.2, 0.25) is 0 Å². The van der Waals surface area contributed by atoms with Crippen molar-refractivity contribution in [1.82, 2.24) is 9.78 Å². The molecule has 1 aromatic heterocycles. The summed E-state index contributed by atoms with van der Waals surface area (Å²) in [6.07, 6.45) is 5.35. The SMILES string of the molecule is CC(C)C(N)CNc1c(Br)cnn(CC2CCC2)c1=O. The summed E-state index contributed by atoms with van der Waals surface area (Å²) < 4.78 is 2.26. The zero-order valence-corrected chi connectivity index (χ0v) is 13.7. The summed E-state index contributed by atoms with van der Waals surface area (Å²) in [6, 6.07) is 0.0227. The largest absolute Gasteiger partial charge is 0.378 e. The van der Waals surface area contributed by atoms with Crippen molar-refractivity contribution in [2.24, 2.45) is 17.6 Å². The molecule has 112 valence electrons. The molecule has 3 N–H and O–H groups in total. The third-order valence-electron chi connectivity index (χ3n) is 4.02. The van der Waals surface area contributed by atoms with Crippen LogP contribution < -0.4 is 16.6 Å². The molecule has 5 nitrogen and oxygen atoms in total. The topological polar surface area (TPSA) is 72.9 Å². The number of nitrogens with two attached hydrogens (primary N) is 1. The number of nitrogens with zero attached hydrogens (tertiary/aromatic N) is 2. The monoisotopic (exact) mass is 342 g/mol. The van der Waals surface area contributed by atoms with E-state index in [1.54, 1.807) is 10.9 Å². The standard InChI is InChI=1S/C14H23BrN4O/c1-9(2)12(16)7-17-13-11(15)6-18-19(14(13)20)8-10-4-3-5-10/h6,9-10,12,17H,3-5,7-8,16H2,1-2H3. The Morgan fingerprint density at radius 3 is 2.80 bits per heavy atom. The molecule has 6 heteroatoms. The lowest BCUT2D eigenvalue weighted by molar-refractivity contribution is 0.262. The summed E-state index contributed by atoms with van der Waals surface area (Å²) in [7, 11) is 0. The van der Waals surface area contributed by atoms with Crippen molar-refractivity contribution in [2.75, 3.05) is 11.9 Å². The third kappa shape index (κ3) is 3.61. The van der Waals surface area contributed by atoms with Crippen molar-refractivity contribution in [2.45, 2.75) is 45.7 Å². The van der Waals surface area contributed by atoms with Crippen molar-refractivity contribution in [3.63, 3.8) is 0 Å². The van der Waals surface area contributed by atoms with Gasteiger partial charge in [0.1, 0.15) is 5.69 Å². The first-order valence-corrected chi connectivity index (χ1v) is 8.03. The molecule has 0 amide bonds. The summed E-state index contributed by atoms with van der Waals surface area (Å²) in [6.45, 7) is 5.45. The number of nitrogens with one attached hydrogen (secondary N) is 1. The van der Waals surface area contributed by atoms with Crippen LogP contribution in [0.4, 0.5) is 5.69 Å². The van der Waals surface area contributed by atoms with Gasteiger partial charge in [0, 0.05) is 19.1 Å². The van der Waals surface area contributed by atoms with E-state index in [1.165, 1.54) is 19.3 Å². The van der Waals surface area contributed by atoms with E-state index in [1.807, 2.05) is 0 Å². The number of hydrogen-bond acceptors (Lipinski definition) is 4. The predicted molar refractivity (Wildman–Crippen MR) is 84.8 cm³/mol. The number of aromatic nitrogens is 2. The molecule has 20 heavy (non-hydrogen) atoms. The fourth-order valence-corrected chi connectivity index (χ4v) is 2.54. The van der Waals surface area contributed by atoms with Gasteiger partial charge < -0.3 is 11.1 Å². The lowest BCUT2D eigenvalue weighted by Gasteiger charge is -2.25. The minimum Gasteiger partial charge on any atom is -0.378 e. The molecule has 0 bridgehead atoms.